The molecule has 6 nitrogen and oxygen atoms in total. The van der Waals surface area contributed by atoms with Crippen LogP contribution in [-0.2, 0) is 0 Å². The highest BCUT2D eigenvalue weighted by Crippen LogP contribution is 2.43. The summed E-state index contributed by atoms with van der Waals surface area (Å²) in [4.78, 5) is 14.6. The van der Waals surface area contributed by atoms with Crippen LogP contribution in [0.25, 0.3) is 99.0 Å². The van der Waals surface area contributed by atoms with Crippen LogP contribution < -0.4 is 9.80 Å². The molecule has 0 N–H and O–H groups in total. The summed E-state index contributed by atoms with van der Waals surface area (Å²) in [6, 6.07) is 100. The van der Waals surface area contributed by atoms with Gasteiger partial charge >= 0.3 is 0 Å². The van der Waals surface area contributed by atoms with Crippen molar-refractivity contribution in [3.63, 3.8) is 0 Å². The molecule has 78 heavy (non-hydrogen) atoms. The van der Waals surface area contributed by atoms with Gasteiger partial charge in [-0.2, -0.15) is 0 Å². The summed E-state index contributed by atoms with van der Waals surface area (Å²) >= 11 is 0. The third kappa shape index (κ3) is 7.49. The number of hydrogen-bond acceptors (Lipinski definition) is 4. The standard InChI is InChI=1S/C72H48N6/c1-5-17-51(18-6-1)75(52-19-7-2-8-20-52)57-37-41-69-65(47-57)61-25-13-15-27-67(61)77(69)55-33-29-49(30-34-55)59-43-45-73-71-63(59)39-40-64-60(44-46-74-72(64)71)50-31-35-56(36-32-50)78-68-28-16-14-26-62(68)66-48-58(38-42-70(66)78)76(53-21-9-3-10-22-53)54-23-11-4-12-24-54/h1-48H. The maximum Gasteiger partial charge on any atom is 0.0970 e. The van der Waals surface area contributed by atoms with E-state index in [1.54, 1.807) is 0 Å². The van der Waals surface area contributed by atoms with Crippen LogP contribution in [0.4, 0.5) is 34.1 Å². The topological polar surface area (TPSA) is 42.1 Å². The molecule has 0 radical (unpaired) electrons. The first-order valence-electron chi connectivity index (χ1n) is 26.5. The second kappa shape index (κ2) is 18.7. The molecule has 0 fully saturated rings. The number of para-hydroxylation sites is 6. The van der Waals surface area contributed by atoms with Crippen LogP contribution in [0.3, 0.4) is 0 Å². The molecule has 0 spiro atoms. The molecular formula is C72H48N6. The zero-order chi connectivity index (χ0) is 51.5. The molecule has 0 saturated carbocycles. The Kier molecular flexibility index (Phi) is 10.7. The lowest BCUT2D eigenvalue weighted by Crippen LogP contribution is -2.09. The van der Waals surface area contributed by atoms with E-state index in [9.17, 15) is 0 Å². The summed E-state index contributed by atoms with van der Waals surface area (Å²) < 4.78 is 4.77. The minimum absolute atomic E-state index is 0.883. The quantitative estimate of drug-likeness (QED) is 0.128. The Bertz CT molecular complexity index is 4320. The van der Waals surface area contributed by atoms with Crippen LogP contribution >= 0.6 is 0 Å². The first kappa shape index (κ1) is 44.9. The highest BCUT2D eigenvalue weighted by atomic mass is 15.1. The van der Waals surface area contributed by atoms with Crippen LogP contribution in [0.1, 0.15) is 0 Å². The van der Waals surface area contributed by atoms with Gasteiger partial charge in [-0.3, -0.25) is 9.97 Å². The molecule has 0 amide bonds. The zero-order valence-corrected chi connectivity index (χ0v) is 42.4. The lowest BCUT2D eigenvalue weighted by atomic mass is 9.96. The Morgan fingerprint density at radius 3 is 0.949 bits per heavy atom. The Balaban J connectivity index is 0.760. The predicted molar refractivity (Wildman–Crippen MR) is 326 cm³/mol. The molecule has 0 bridgehead atoms. The number of pyridine rings is 2. The molecular weight excluding hydrogens is 949 g/mol. The van der Waals surface area contributed by atoms with Crippen molar-refractivity contribution in [2.75, 3.05) is 9.80 Å². The van der Waals surface area contributed by atoms with Crippen LogP contribution in [0.2, 0.25) is 0 Å². The molecule has 4 aromatic heterocycles. The van der Waals surface area contributed by atoms with E-state index in [1.165, 1.54) is 21.5 Å². The van der Waals surface area contributed by atoms with Crippen molar-refractivity contribution < 1.29 is 0 Å². The van der Waals surface area contributed by atoms with Crippen molar-refractivity contribution >= 4 is 99.5 Å². The van der Waals surface area contributed by atoms with Crippen molar-refractivity contribution in [2.45, 2.75) is 0 Å². The normalized spacial score (nSPS) is 11.6. The van der Waals surface area contributed by atoms with Gasteiger partial charge in [0.2, 0.25) is 0 Å². The number of rotatable bonds is 10. The van der Waals surface area contributed by atoms with Gasteiger partial charge in [-0.1, -0.05) is 146 Å². The van der Waals surface area contributed by atoms with Gasteiger partial charge < -0.3 is 18.9 Å². The van der Waals surface area contributed by atoms with E-state index >= 15 is 0 Å². The first-order chi connectivity index (χ1) is 38.7. The summed E-state index contributed by atoms with van der Waals surface area (Å²) in [5, 5.41) is 6.95. The van der Waals surface area contributed by atoms with E-state index in [0.717, 1.165) is 112 Å². The van der Waals surface area contributed by atoms with Gasteiger partial charge in [0.15, 0.2) is 0 Å². The number of aromatic nitrogens is 4. The van der Waals surface area contributed by atoms with Crippen molar-refractivity contribution in [2.24, 2.45) is 0 Å². The molecule has 0 aliphatic heterocycles. The molecule has 15 aromatic rings. The average molecular weight is 997 g/mol. The molecule has 0 atom stereocenters. The fourth-order valence-electron chi connectivity index (χ4n) is 11.9. The lowest BCUT2D eigenvalue weighted by molar-refractivity contribution is 1.18. The number of nitrogens with zero attached hydrogens (tertiary/aromatic N) is 6. The number of benzene rings is 11. The maximum absolute atomic E-state index is 5.00. The minimum atomic E-state index is 0.883. The number of fused-ring (bicyclic) bond motifs is 9. The predicted octanol–water partition coefficient (Wildman–Crippen LogP) is 19.3. The molecule has 0 unspecified atom stereocenters. The summed E-state index contributed by atoms with van der Waals surface area (Å²) in [5.41, 5.74) is 19.7. The monoisotopic (exact) mass is 996 g/mol. The fourth-order valence-corrected chi connectivity index (χ4v) is 11.9. The molecule has 366 valence electrons. The van der Waals surface area contributed by atoms with Gasteiger partial charge in [0.05, 0.1) is 33.1 Å². The van der Waals surface area contributed by atoms with Crippen molar-refractivity contribution in [1.82, 2.24) is 19.1 Å². The lowest BCUT2D eigenvalue weighted by Gasteiger charge is -2.25. The molecule has 4 heterocycles. The third-order valence-electron chi connectivity index (χ3n) is 15.4. The molecule has 11 aromatic carbocycles. The van der Waals surface area contributed by atoms with Gasteiger partial charge in [0.1, 0.15) is 0 Å². The second-order valence-corrected chi connectivity index (χ2v) is 19.8. The number of anilines is 6. The maximum atomic E-state index is 5.00. The van der Waals surface area contributed by atoms with Crippen LogP contribution in [-0.4, -0.2) is 19.1 Å². The van der Waals surface area contributed by atoms with Gasteiger partial charge in [-0.15, -0.1) is 0 Å². The van der Waals surface area contributed by atoms with Gasteiger partial charge in [-0.25, -0.2) is 0 Å². The van der Waals surface area contributed by atoms with Gasteiger partial charge in [0.25, 0.3) is 0 Å². The summed E-state index contributed by atoms with van der Waals surface area (Å²) in [6.07, 6.45) is 3.84. The summed E-state index contributed by atoms with van der Waals surface area (Å²) in [5.74, 6) is 0. The van der Waals surface area contributed by atoms with E-state index in [0.29, 0.717) is 0 Å². The van der Waals surface area contributed by atoms with Crippen molar-refractivity contribution in [3.05, 3.63) is 291 Å². The number of hydrogen-bond donors (Lipinski definition) is 0. The highest BCUT2D eigenvalue weighted by molar-refractivity contribution is 6.14. The van der Waals surface area contributed by atoms with E-state index in [-0.39, 0.29) is 0 Å². The van der Waals surface area contributed by atoms with E-state index in [4.69, 9.17) is 9.97 Å². The summed E-state index contributed by atoms with van der Waals surface area (Å²) in [7, 11) is 0. The second-order valence-electron chi connectivity index (χ2n) is 19.8. The zero-order valence-electron chi connectivity index (χ0n) is 42.4. The smallest absolute Gasteiger partial charge is 0.0970 e. The third-order valence-corrected chi connectivity index (χ3v) is 15.4. The van der Waals surface area contributed by atoms with Crippen LogP contribution in [0.5, 0.6) is 0 Å². The molecule has 0 aliphatic carbocycles. The van der Waals surface area contributed by atoms with E-state index in [1.807, 2.05) is 12.4 Å². The van der Waals surface area contributed by atoms with Gasteiger partial charge in [-0.05, 0) is 156 Å². The van der Waals surface area contributed by atoms with Crippen LogP contribution in [0, 0.1) is 0 Å². The molecule has 15 rings (SSSR count). The largest absolute Gasteiger partial charge is 0.310 e. The molecule has 0 aliphatic rings. The van der Waals surface area contributed by atoms with E-state index < -0.39 is 0 Å². The Morgan fingerprint density at radius 2 is 0.577 bits per heavy atom. The Labute approximate surface area is 451 Å². The SMILES string of the molecule is c1ccc(N(c2ccccc2)c2ccc3c(c2)c2ccccc2n3-c2ccc(-c3ccnc4c3ccc3c(-c5ccc(-n6c7ccccc7c7cc(N(c8ccccc8)c8ccccc8)ccc76)cc5)ccnc34)cc2)cc1. The molecule has 6 heteroatoms. The first-order valence-corrected chi connectivity index (χ1v) is 26.5. The summed E-state index contributed by atoms with van der Waals surface area (Å²) in [6.45, 7) is 0. The molecule has 0 saturated heterocycles. The minimum Gasteiger partial charge on any atom is -0.310 e. The van der Waals surface area contributed by atoms with Gasteiger partial charge in [0, 0.05) is 90.2 Å². The highest BCUT2D eigenvalue weighted by Gasteiger charge is 2.20. The average Bonchev–Trinajstić information content (AvgIpc) is 4.04. The Morgan fingerprint density at radius 1 is 0.244 bits per heavy atom. The van der Waals surface area contributed by atoms with Crippen molar-refractivity contribution in [1.29, 1.82) is 0 Å². The van der Waals surface area contributed by atoms with Crippen molar-refractivity contribution in [3.8, 4) is 33.6 Å². The fraction of sp³-hybridized carbons (Fsp3) is 0. The van der Waals surface area contributed by atoms with Crippen LogP contribution in [0.15, 0.2) is 291 Å². The van der Waals surface area contributed by atoms with E-state index in [2.05, 4.69) is 298 Å². The Hall–Kier alpha value is -10.6.